The van der Waals surface area contributed by atoms with Crippen LogP contribution < -0.4 is 9.46 Å². The van der Waals surface area contributed by atoms with E-state index < -0.39 is 10.0 Å². The SMILES string of the molecule is COc1ccc(Br)cc1S(=O)(=O)N[C@H](C)c1cc(C)c(C)cc1C. The maximum Gasteiger partial charge on any atom is 0.244 e. The van der Waals surface area contributed by atoms with Gasteiger partial charge in [-0.15, -0.1) is 0 Å². The normalized spacial score (nSPS) is 12.9. The minimum atomic E-state index is -3.72. The van der Waals surface area contributed by atoms with Crippen molar-refractivity contribution in [3.8, 4) is 5.75 Å². The second-order valence-electron chi connectivity index (χ2n) is 5.93. The molecule has 0 fully saturated rings. The highest BCUT2D eigenvalue weighted by molar-refractivity contribution is 9.10. The van der Waals surface area contributed by atoms with Crippen LogP contribution in [0.2, 0.25) is 0 Å². The van der Waals surface area contributed by atoms with Crippen molar-refractivity contribution in [1.29, 1.82) is 0 Å². The number of ether oxygens (including phenoxy) is 1. The number of benzene rings is 2. The monoisotopic (exact) mass is 411 g/mol. The van der Waals surface area contributed by atoms with Gasteiger partial charge in [0.2, 0.25) is 10.0 Å². The lowest BCUT2D eigenvalue weighted by Gasteiger charge is -2.19. The lowest BCUT2D eigenvalue weighted by atomic mass is 9.97. The van der Waals surface area contributed by atoms with Gasteiger partial charge in [-0.3, -0.25) is 0 Å². The molecule has 0 unspecified atom stereocenters. The van der Waals surface area contributed by atoms with Crippen LogP contribution in [0, 0.1) is 20.8 Å². The Labute approximate surface area is 152 Å². The van der Waals surface area contributed by atoms with Gasteiger partial charge in [0.25, 0.3) is 0 Å². The van der Waals surface area contributed by atoms with E-state index in [0.717, 1.165) is 16.7 Å². The van der Waals surface area contributed by atoms with Crippen molar-refractivity contribution >= 4 is 26.0 Å². The molecule has 0 aliphatic carbocycles. The summed E-state index contributed by atoms with van der Waals surface area (Å²) in [6.45, 7) is 7.91. The molecule has 0 saturated heterocycles. The van der Waals surface area contributed by atoms with Crippen molar-refractivity contribution in [2.45, 2.75) is 38.6 Å². The molecule has 0 aliphatic rings. The predicted octanol–water partition coefficient (Wildman–Crippen LogP) is 4.42. The Morgan fingerprint density at radius 2 is 1.67 bits per heavy atom. The van der Waals surface area contributed by atoms with Crippen LogP contribution in [0.5, 0.6) is 5.75 Å². The van der Waals surface area contributed by atoms with Gasteiger partial charge in [0.05, 0.1) is 7.11 Å². The van der Waals surface area contributed by atoms with Gasteiger partial charge < -0.3 is 4.74 Å². The van der Waals surface area contributed by atoms with Gasteiger partial charge in [-0.25, -0.2) is 13.1 Å². The van der Waals surface area contributed by atoms with Crippen molar-refractivity contribution in [2.75, 3.05) is 7.11 Å². The van der Waals surface area contributed by atoms with Crippen LogP contribution in [0.15, 0.2) is 39.7 Å². The van der Waals surface area contributed by atoms with Crippen LogP contribution in [0.1, 0.15) is 35.2 Å². The van der Waals surface area contributed by atoms with E-state index >= 15 is 0 Å². The van der Waals surface area contributed by atoms with Gasteiger partial charge in [0.15, 0.2) is 0 Å². The van der Waals surface area contributed by atoms with Crippen molar-refractivity contribution < 1.29 is 13.2 Å². The summed E-state index contributed by atoms with van der Waals surface area (Å²) in [6, 6.07) is 8.68. The molecule has 0 radical (unpaired) electrons. The number of rotatable bonds is 5. The highest BCUT2D eigenvalue weighted by atomic mass is 79.9. The van der Waals surface area contributed by atoms with Crippen LogP contribution in [-0.4, -0.2) is 15.5 Å². The Bertz CT molecular complexity index is 863. The number of aryl methyl sites for hydroxylation is 3. The quantitative estimate of drug-likeness (QED) is 0.791. The van der Waals surface area contributed by atoms with E-state index in [1.165, 1.54) is 12.7 Å². The second kappa shape index (κ2) is 7.25. The van der Waals surface area contributed by atoms with Gasteiger partial charge in [0, 0.05) is 10.5 Å². The molecule has 24 heavy (non-hydrogen) atoms. The average Bonchev–Trinajstić information content (AvgIpc) is 2.50. The van der Waals surface area contributed by atoms with Gasteiger partial charge in [-0.05, 0) is 68.1 Å². The lowest BCUT2D eigenvalue weighted by Crippen LogP contribution is -2.28. The third-order valence-electron chi connectivity index (χ3n) is 4.10. The first-order valence-electron chi connectivity index (χ1n) is 7.59. The average molecular weight is 412 g/mol. The van der Waals surface area contributed by atoms with E-state index in [9.17, 15) is 8.42 Å². The molecule has 4 nitrogen and oxygen atoms in total. The van der Waals surface area contributed by atoms with Crippen molar-refractivity contribution in [1.82, 2.24) is 4.72 Å². The van der Waals surface area contributed by atoms with Crippen LogP contribution >= 0.6 is 15.9 Å². The van der Waals surface area contributed by atoms with Crippen molar-refractivity contribution in [3.63, 3.8) is 0 Å². The Kier molecular flexibility index (Phi) is 5.73. The summed E-state index contributed by atoms with van der Waals surface area (Å²) in [6.07, 6.45) is 0. The number of methoxy groups -OCH3 is 1. The third kappa shape index (κ3) is 3.99. The van der Waals surface area contributed by atoms with Gasteiger partial charge in [0.1, 0.15) is 10.6 Å². The lowest BCUT2D eigenvalue weighted by molar-refractivity contribution is 0.402. The third-order valence-corrected chi connectivity index (χ3v) is 6.15. The smallest absolute Gasteiger partial charge is 0.244 e. The van der Waals surface area contributed by atoms with Crippen LogP contribution in [0.3, 0.4) is 0 Å². The first kappa shape index (κ1) is 19.0. The molecular formula is C18H22BrNO3S. The second-order valence-corrected chi connectivity index (χ2v) is 8.53. The number of hydrogen-bond acceptors (Lipinski definition) is 3. The molecule has 0 amide bonds. The van der Waals surface area contributed by atoms with E-state index in [2.05, 4.69) is 26.7 Å². The van der Waals surface area contributed by atoms with E-state index in [1.807, 2.05) is 33.8 Å². The fraction of sp³-hybridized carbons (Fsp3) is 0.333. The molecular weight excluding hydrogens is 390 g/mol. The Hall–Kier alpha value is -1.37. The molecule has 6 heteroatoms. The van der Waals surface area contributed by atoms with Crippen LogP contribution in [-0.2, 0) is 10.0 Å². The molecule has 130 valence electrons. The van der Waals surface area contributed by atoms with Gasteiger partial charge in [-0.2, -0.15) is 0 Å². The first-order chi connectivity index (χ1) is 11.2. The van der Waals surface area contributed by atoms with E-state index in [1.54, 1.807) is 18.2 Å². The van der Waals surface area contributed by atoms with E-state index in [4.69, 9.17) is 4.74 Å². The Morgan fingerprint density at radius 3 is 2.29 bits per heavy atom. The first-order valence-corrected chi connectivity index (χ1v) is 9.87. The molecule has 0 heterocycles. The minimum Gasteiger partial charge on any atom is -0.495 e. The van der Waals surface area contributed by atoms with Crippen molar-refractivity contribution in [3.05, 3.63) is 57.1 Å². The zero-order chi connectivity index (χ0) is 18.1. The fourth-order valence-corrected chi connectivity index (χ4v) is 4.60. The van der Waals surface area contributed by atoms with E-state index in [0.29, 0.717) is 10.2 Å². The zero-order valence-electron chi connectivity index (χ0n) is 14.5. The number of halogens is 1. The molecule has 1 atom stereocenters. The standard InChI is InChI=1S/C18H22BrNO3S/c1-11-8-13(3)16(9-12(11)2)14(4)20-24(21,22)18-10-15(19)6-7-17(18)23-5/h6-10,14,20H,1-5H3/t14-/m1/s1. The van der Waals surface area contributed by atoms with Crippen LogP contribution in [0.4, 0.5) is 0 Å². The molecule has 2 aromatic rings. The van der Waals surface area contributed by atoms with Crippen LogP contribution in [0.25, 0.3) is 0 Å². The maximum absolute atomic E-state index is 12.8. The topological polar surface area (TPSA) is 55.4 Å². The van der Waals surface area contributed by atoms with Gasteiger partial charge >= 0.3 is 0 Å². The molecule has 0 saturated carbocycles. The zero-order valence-corrected chi connectivity index (χ0v) is 16.9. The number of nitrogens with one attached hydrogen (secondary N) is 1. The molecule has 0 spiro atoms. The molecule has 0 aliphatic heterocycles. The fourth-order valence-electron chi connectivity index (χ4n) is 2.67. The predicted molar refractivity (Wildman–Crippen MR) is 100 cm³/mol. The number of hydrogen-bond donors (Lipinski definition) is 1. The number of sulfonamides is 1. The Morgan fingerprint density at radius 1 is 1.04 bits per heavy atom. The summed E-state index contributed by atoms with van der Waals surface area (Å²) in [5, 5.41) is 0. The molecule has 2 rings (SSSR count). The summed E-state index contributed by atoms with van der Waals surface area (Å²) in [5.41, 5.74) is 4.37. The highest BCUT2D eigenvalue weighted by Gasteiger charge is 2.23. The Balaban J connectivity index is 2.39. The minimum absolute atomic E-state index is 0.118. The maximum atomic E-state index is 12.8. The summed E-state index contributed by atoms with van der Waals surface area (Å²) in [5.74, 6) is 0.315. The highest BCUT2D eigenvalue weighted by Crippen LogP contribution is 2.29. The summed E-state index contributed by atoms with van der Waals surface area (Å²) >= 11 is 3.31. The molecule has 1 N–H and O–H groups in total. The van der Waals surface area contributed by atoms with Gasteiger partial charge in [-0.1, -0.05) is 28.1 Å². The largest absolute Gasteiger partial charge is 0.495 e. The molecule has 0 aromatic heterocycles. The van der Waals surface area contributed by atoms with E-state index in [-0.39, 0.29) is 10.9 Å². The van der Waals surface area contributed by atoms with Crippen molar-refractivity contribution in [2.24, 2.45) is 0 Å². The summed E-state index contributed by atoms with van der Waals surface area (Å²) in [7, 11) is -2.26. The summed E-state index contributed by atoms with van der Waals surface area (Å²) in [4.78, 5) is 0.118. The molecule has 2 aromatic carbocycles. The summed E-state index contributed by atoms with van der Waals surface area (Å²) < 4.78 is 34.2. The molecule has 0 bridgehead atoms.